The SMILES string of the molecule is CCCOc1ccc(-c2ccccc2)cc1C(C)=N. The minimum atomic E-state index is 0.531. The topological polar surface area (TPSA) is 33.1 Å². The second kappa shape index (κ2) is 6.19. The van der Waals surface area contributed by atoms with E-state index in [1.54, 1.807) is 6.92 Å². The zero-order valence-corrected chi connectivity index (χ0v) is 11.4. The first-order valence-corrected chi connectivity index (χ1v) is 6.60. The molecule has 0 aromatic heterocycles. The van der Waals surface area contributed by atoms with Crippen molar-refractivity contribution in [3.05, 3.63) is 54.1 Å². The van der Waals surface area contributed by atoms with Gasteiger partial charge in [-0.15, -0.1) is 0 Å². The fraction of sp³-hybridized carbons (Fsp3) is 0.235. The van der Waals surface area contributed by atoms with E-state index in [2.05, 4.69) is 19.1 Å². The molecule has 0 aliphatic carbocycles. The number of ether oxygens (including phenoxy) is 1. The van der Waals surface area contributed by atoms with E-state index >= 15 is 0 Å². The van der Waals surface area contributed by atoms with Gasteiger partial charge in [0.1, 0.15) is 5.75 Å². The molecule has 0 aliphatic heterocycles. The van der Waals surface area contributed by atoms with Crippen molar-refractivity contribution in [2.24, 2.45) is 0 Å². The normalized spacial score (nSPS) is 10.2. The Labute approximate surface area is 114 Å². The summed E-state index contributed by atoms with van der Waals surface area (Å²) in [5, 5.41) is 7.89. The molecular formula is C17H19NO. The van der Waals surface area contributed by atoms with Gasteiger partial charge in [0, 0.05) is 11.3 Å². The molecule has 0 spiro atoms. The van der Waals surface area contributed by atoms with E-state index in [-0.39, 0.29) is 0 Å². The molecule has 0 aliphatic rings. The van der Waals surface area contributed by atoms with Gasteiger partial charge in [-0.3, -0.25) is 0 Å². The number of benzene rings is 2. The van der Waals surface area contributed by atoms with Crippen molar-refractivity contribution in [3.63, 3.8) is 0 Å². The van der Waals surface area contributed by atoms with Crippen LogP contribution in [0.4, 0.5) is 0 Å². The Balaban J connectivity index is 2.39. The smallest absolute Gasteiger partial charge is 0.128 e. The fourth-order valence-electron chi connectivity index (χ4n) is 1.97. The van der Waals surface area contributed by atoms with Crippen LogP contribution in [0.15, 0.2) is 48.5 Å². The fourth-order valence-corrected chi connectivity index (χ4v) is 1.97. The molecule has 0 radical (unpaired) electrons. The maximum atomic E-state index is 7.89. The lowest BCUT2D eigenvalue weighted by atomic mass is 10.0. The Morgan fingerprint density at radius 3 is 2.42 bits per heavy atom. The summed E-state index contributed by atoms with van der Waals surface area (Å²) in [6, 6.07) is 16.2. The van der Waals surface area contributed by atoms with Crippen LogP contribution < -0.4 is 4.74 Å². The van der Waals surface area contributed by atoms with Crippen molar-refractivity contribution in [2.75, 3.05) is 6.61 Å². The van der Waals surface area contributed by atoms with Gasteiger partial charge in [-0.25, -0.2) is 0 Å². The molecule has 2 nitrogen and oxygen atoms in total. The first-order valence-electron chi connectivity index (χ1n) is 6.60. The summed E-state index contributed by atoms with van der Waals surface area (Å²) in [6.45, 7) is 4.56. The average molecular weight is 253 g/mol. The maximum absolute atomic E-state index is 7.89. The summed E-state index contributed by atoms with van der Waals surface area (Å²) in [5.41, 5.74) is 3.68. The molecule has 0 fully saturated rings. The highest BCUT2D eigenvalue weighted by Crippen LogP contribution is 2.27. The molecule has 2 aromatic carbocycles. The first kappa shape index (κ1) is 13.3. The lowest BCUT2D eigenvalue weighted by molar-refractivity contribution is 0.317. The Bertz CT molecular complexity index is 561. The highest BCUT2D eigenvalue weighted by atomic mass is 16.5. The summed E-state index contributed by atoms with van der Waals surface area (Å²) < 4.78 is 5.70. The Kier molecular flexibility index (Phi) is 4.35. The van der Waals surface area contributed by atoms with Gasteiger partial charge in [0.2, 0.25) is 0 Å². The van der Waals surface area contributed by atoms with Gasteiger partial charge in [0.05, 0.1) is 6.61 Å². The summed E-state index contributed by atoms with van der Waals surface area (Å²) in [5.74, 6) is 0.800. The van der Waals surface area contributed by atoms with Gasteiger partial charge < -0.3 is 10.1 Å². The predicted molar refractivity (Wildman–Crippen MR) is 80.2 cm³/mol. The Morgan fingerprint density at radius 2 is 1.79 bits per heavy atom. The van der Waals surface area contributed by atoms with Crippen LogP contribution in [0.5, 0.6) is 5.75 Å². The van der Waals surface area contributed by atoms with Crippen molar-refractivity contribution in [1.82, 2.24) is 0 Å². The number of hydrogen-bond donors (Lipinski definition) is 1. The molecule has 0 bridgehead atoms. The zero-order chi connectivity index (χ0) is 13.7. The van der Waals surface area contributed by atoms with Crippen LogP contribution in [0.3, 0.4) is 0 Å². The predicted octanol–water partition coefficient (Wildman–Crippen LogP) is 4.53. The van der Waals surface area contributed by atoms with Crippen LogP contribution >= 0.6 is 0 Å². The van der Waals surface area contributed by atoms with E-state index in [0.29, 0.717) is 12.3 Å². The quantitative estimate of drug-likeness (QED) is 0.780. The molecule has 0 amide bonds. The van der Waals surface area contributed by atoms with E-state index in [0.717, 1.165) is 28.9 Å². The molecule has 98 valence electrons. The van der Waals surface area contributed by atoms with Gasteiger partial charge in [-0.1, -0.05) is 43.3 Å². The van der Waals surface area contributed by atoms with Gasteiger partial charge in [0.25, 0.3) is 0 Å². The van der Waals surface area contributed by atoms with Gasteiger partial charge in [-0.2, -0.15) is 0 Å². The summed E-state index contributed by atoms with van der Waals surface area (Å²) in [6.07, 6.45) is 0.969. The minimum Gasteiger partial charge on any atom is -0.493 e. The number of hydrogen-bond acceptors (Lipinski definition) is 2. The molecule has 2 rings (SSSR count). The van der Waals surface area contributed by atoms with E-state index in [4.69, 9.17) is 10.1 Å². The summed E-state index contributed by atoms with van der Waals surface area (Å²) >= 11 is 0. The third-order valence-electron chi connectivity index (χ3n) is 2.95. The van der Waals surface area contributed by atoms with Crippen molar-refractivity contribution in [1.29, 1.82) is 5.41 Å². The Morgan fingerprint density at radius 1 is 1.05 bits per heavy atom. The van der Waals surface area contributed by atoms with E-state index < -0.39 is 0 Å². The van der Waals surface area contributed by atoms with E-state index in [9.17, 15) is 0 Å². The molecule has 0 saturated heterocycles. The standard InChI is InChI=1S/C17H19NO/c1-3-11-19-17-10-9-15(12-16(17)13(2)18)14-7-5-4-6-8-14/h4-10,12,18H,3,11H2,1-2H3. The Hall–Kier alpha value is -2.09. The molecule has 19 heavy (non-hydrogen) atoms. The van der Waals surface area contributed by atoms with Gasteiger partial charge >= 0.3 is 0 Å². The largest absolute Gasteiger partial charge is 0.493 e. The lowest BCUT2D eigenvalue weighted by Crippen LogP contribution is -2.02. The van der Waals surface area contributed by atoms with Crippen molar-refractivity contribution >= 4 is 5.71 Å². The average Bonchev–Trinajstić information content (AvgIpc) is 2.45. The summed E-state index contributed by atoms with van der Waals surface area (Å²) in [7, 11) is 0. The van der Waals surface area contributed by atoms with Crippen LogP contribution in [0, 0.1) is 5.41 Å². The molecule has 2 aromatic rings. The van der Waals surface area contributed by atoms with Crippen molar-refractivity contribution < 1.29 is 4.74 Å². The van der Waals surface area contributed by atoms with E-state index in [1.807, 2.05) is 36.4 Å². The minimum absolute atomic E-state index is 0.531. The molecule has 2 heteroatoms. The maximum Gasteiger partial charge on any atom is 0.128 e. The van der Waals surface area contributed by atoms with Crippen LogP contribution in [0.25, 0.3) is 11.1 Å². The monoisotopic (exact) mass is 253 g/mol. The van der Waals surface area contributed by atoms with Gasteiger partial charge in [-0.05, 0) is 36.6 Å². The number of rotatable bonds is 5. The molecule has 0 saturated carbocycles. The zero-order valence-electron chi connectivity index (χ0n) is 11.4. The second-order valence-electron chi connectivity index (χ2n) is 4.55. The van der Waals surface area contributed by atoms with Crippen LogP contribution in [-0.2, 0) is 0 Å². The van der Waals surface area contributed by atoms with Crippen molar-refractivity contribution in [3.8, 4) is 16.9 Å². The van der Waals surface area contributed by atoms with Crippen LogP contribution in [0.2, 0.25) is 0 Å². The molecule has 1 N–H and O–H groups in total. The lowest BCUT2D eigenvalue weighted by Gasteiger charge is -2.12. The first-order chi connectivity index (χ1) is 9.22. The third kappa shape index (κ3) is 3.22. The number of nitrogens with one attached hydrogen (secondary N) is 1. The summed E-state index contributed by atoms with van der Waals surface area (Å²) in [4.78, 5) is 0. The second-order valence-corrected chi connectivity index (χ2v) is 4.55. The highest BCUT2D eigenvalue weighted by molar-refractivity contribution is 6.00. The molecular weight excluding hydrogens is 234 g/mol. The van der Waals surface area contributed by atoms with Gasteiger partial charge in [0.15, 0.2) is 0 Å². The molecule has 0 unspecified atom stereocenters. The molecule has 0 atom stereocenters. The van der Waals surface area contributed by atoms with Crippen LogP contribution in [-0.4, -0.2) is 12.3 Å². The van der Waals surface area contributed by atoms with Crippen LogP contribution in [0.1, 0.15) is 25.8 Å². The van der Waals surface area contributed by atoms with E-state index in [1.165, 1.54) is 0 Å². The van der Waals surface area contributed by atoms with Crippen molar-refractivity contribution in [2.45, 2.75) is 20.3 Å². The third-order valence-corrected chi connectivity index (χ3v) is 2.95. The molecule has 0 heterocycles. The highest BCUT2D eigenvalue weighted by Gasteiger charge is 2.08.